The Balaban J connectivity index is 2.14. The molecule has 3 N–H and O–H groups in total. The van der Waals surface area contributed by atoms with E-state index in [0.29, 0.717) is 22.7 Å². The van der Waals surface area contributed by atoms with Crippen LogP contribution in [-0.2, 0) is 6.54 Å². The Bertz CT molecular complexity index is 658. The van der Waals surface area contributed by atoms with Gasteiger partial charge >= 0.3 is 0 Å². The van der Waals surface area contributed by atoms with Crippen LogP contribution in [0.1, 0.15) is 11.1 Å². The van der Waals surface area contributed by atoms with E-state index in [0.717, 1.165) is 5.69 Å². The summed E-state index contributed by atoms with van der Waals surface area (Å²) in [5.41, 5.74) is 7.57. The maximum atomic E-state index is 13.8. The summed E-state index contributed by atoms with van der Waals surface area (Å²) in [4.78, 5) is 1.89. The molecular weight excluding hydrogens is 293 g/mol. The van der Waals surface area contributed by atoms with Crippen LogP contribution in [0.5, 0.6) is 0 Å². The molecule has 2 rings (SSSR count). The van der Waals surface area contributed by atoms with E-state index in [-0.39, 0.29) is 11.7 Å². The molecule has 2 aromatic carbocycles. The van der Waals surface area contributed by atoms with Crippen LogP contribution in [-0.4, -0.2) is 18.1 Å². The van der Waals surface area contributed by atoms with Gasteiger partial charge in [-0.3, -0.25) is 0 Å². The smallest absolute Gasteiger partial charge is 0.170 e. The third-order valence-electron chi connectivity index (χ3n) is 3.13. The lowest BCUT2D eigenvalue weighted by Crippen LogP contribution is -2.18. The largest absolute Gasteiger partial charge is 0.409 e. The summed E-state index contributed by atoms with van der Waals surface area (Å²) in [7, 11) is 1.85. The third kappa shape index (κ3) is 3.64. The summed E-state index contributed by atoms with van der Waals surface area (Å²) >= 11 is 5.73. The predicted octanol–water partition coefficient (Wildman–Crippen LogP) is 3.21. The monoisotopic (exact) mass is 307 g/mol. The first kappa shape index (κ1) is 15.1. The van der Waals surface area contributed by atoms with Crippen LogP contribution in [0.3, 0.4) is 0 Å². The Morgan fingerprint density at radius 2 is 1.95 bits per heavy atom. The number of hydrogen-bond donors (Lipinski definition) is 2. The quantitative estimate of drug-likeness (QED) is 0.394. The number of hydrogen-bond acceptors (Lipinski definition) is 3. The molecule has 0 radical (unpaired) electrons. The van der Waals surface area contributed by atoms with Crippen molar-refractivity contribution in [3.8, 4) is 0 Å². The van der Waals surface area contributed by atoms with Crippen molar-refractivity contribution >= 4 is 23.1 Å². The van der Waals surface area contributed by atoms with Gasteiger partial charge in [0.1, 0.15) is 5.82 Å². The van der Waals surface area contributed by atoms with Crippen molar-refractivity contribution < 1.29 is 9.60 Å². The third-order valence-corrected chi connectivity index (χ3v) is 3.37. The van der Waals surface area contributed by atoms with Crippen LogP contribution < -0.4 is 10.6 Å². The molecule has 0 aromatic heterocycles. The van der Waals surface area contributed by atoms with Crippen LogP contribution in [0.4, 0.5) is 10.1 Å². The molecule has 4 nitrogen and oxygen atoms in total. The van der Waals surface area contributed by atoms with Crippen molar-refractivity contribution in [3.63, 3.8) is 0 Å². The minimum absolute atomic E-state index is 0.0490. The van der Waals surface area contributed by atoms with Crippen molar-refractivity contribution in [1.29, 1.82) is 0 Å². The Morgan fingerprint density at radius 1 is 1.29 bits per heavy atom. The second-order valence-electron chi connectivity index (χ2n) is 4.62. The SMILES string of the molecule is CN(Cc1ccc(Cl)cc1F)c1ccc(/C(N)=N/O)cc1. The minimum Gasteiger partial charge on any atom is -0.409 e. The molecule has 0 amide bonds. The average molecular weight is 308 g/mol. The molecule has 2 aromatic rings. The van der Waals surface area contributed by atoms with Gasteiger partial charge in [0.2, 0.25) is 0 Å². The molecule has 6 heteroatoms. The topological polar surface area (TPSA) is 61.8 Å². The second-order valence-corrected chi connectivity index (χ2v) is 5.06. The zero-order valence-electron chi connectivity index (χ0n) is 11.4. The lowest BCUT2D eigenvalue weighted by Gasteiger charge is -2.20. The second kappa shape index (κ2) is 6.45. The highest BCUT2D eigenvalue weighted by atomic mass is 35.5. The summed E-state index contributed by atoms with van der Waals surface area (Å²) < 4.78 is 13.8. The molecule has 0 spiro atoms. The lowest BCUT2D eigenvalue weighted by molar-refractivity contribution is 0.318. The van der Waals surface area contributed by atoms with Crippen molar-refractivity contribution in [3.05, 3.63) is 64.4 Å². The van der Waals surface area contributed by atoms with E-state index >= 15 is 0 Å². The van der Waals surface area contributed by atoms with E-state index in [1.165, 1.54) is 6.07 Å². The summed E-state index contributed by atoms with van der Waals surface area (Å²) in [6.45, 7) is 0.409. The van der Waals surface area contributed by atoms with Crippen molar-refractivity contribution in [1.82, 2.24) is 0 Å². The number of nitrogens with zero attached hydrogens (tertiary/aromatic N) is 2. The summed E-state index contributed by atoms with van der Waals surface area (Å²) in [5, 5.41) is 11.9. The number of amidine groups is 1. The Morgan fingerprint density at radius 3 is 2.52 bits per heavy atom. The fraction of sp³-hybridized carbons (Fsp3) is 0.133. The molecule has 0 aliphatic carbocycles. The molecule has 21 heavy (non-hydrogen) atoms. The van der Waals surface area contributed by atoms with Crippen molar-refractivity contribution in [2.75, 3.05) is 11.9 Å². The van der Waals surface area contributed by atoms with E-state index in [1.54, 1.807) is 24.3 Å². The number of halogens is 2. The van der Waals surface area contributed by atoms with E-state index in [4.69, 9.17) is 22.5 Å². The van der Waals surface area contributed by atoms with Gasteiger partial charge in [-0.2, -0.15) is 0 Å². The van der Waals surface area contributed by atoms with Gasteiger partial charge in [-0.15, -0.1) is 0 Å². The molecule has 0 atom stereocenters. The normalized spacial score (nSPS) is 11.5. The Kier molecular flexibility index (Phi) is 4.65. The fourth-order valence-electron chi connectivity index (χ4n) is 1.94. The first-order valence-electron chi connectivity index (χ1n) is 6.24. The molecule has 0 heterocycles. The maximum absolute atomic E-state index is 13.8. The highest BCUT2D eigenvalue weighted by Gasteiger charge is 2.08. The number of benzene rings is 2. The molecule has 110 valence electrons. The van der Waals surface area contributed by atoms with Gasteiger partial charge in [-0.05, 0) is 36.4 Å². The van der Waals surface area contributed by atoms with E-state index in [2.05, 4.69) is 5.16 Å². The van der Waals surface area contributed by atoms with Crippen molar-refractivity contribution in [2.24, 2.45) is 10.9 Å². The highest BCUT2D eigenvalue weighted by molar-refractivity contribution is 6.30. The number of rotatable bonds is 4. The summed E-state index contributed by atoms with van der Waals surface area (Å²) in [6.07, 6.45) is 0. The molecule has 0 aliphatic rings. The van der Waals surface area contributed by atoms with Crippen LogP contribution >= 0.6 is 11.6 Å². The zero-order valence-corrected chi connectivity index (χ0v) is 12.2. The number of anilines is 1. The minimum atomic E-state index is -0.331. The van der Waals surface area contributed by atoms with Gasteiger partial charge in [0, 0.05) is 35.4 Å². The molecule has 0 saturated heterocycles. The maximum Gasteiger partial charge on any atom is 0.170 e. The van der Waals surface area contributed by atoms with Crippen LogP contribution in [0, 0.1) is 5.82 Å². The highest BCUT2D eigenvalue weighted by Crippen LogP contribution is 2.20. The van der Waals surface area contributed by atoms with Crippen LogP contribution in [0.2, 0.25) is 5.02 Å². The number of nitrogens with two attached hydrogens (primary N) is 1. The lowest BCUT2D eigenvalue weighted by atomic mass is 10.1. The Labute approximate surface area is 127 Å². The van der Waals surface area contributed by atoms with Gasteiger partial charge in [0.15, 0.2) is 5.84 Å². The summed E-state index contributed by atoms with van der Waals surface area (Å²) in [5.74, 6) is -0.282. The molecule has 0 fully saturated rings. The van der Waals surface area contributed by atoms with Crippen LogP contribution in [0.15, 0.2) is 47.6 Å². The van der Waals surface area contributed by atoms with E-state index in [9.17, 15) is 4.39 Å². The Hall–Kier alpha value is -2.27. The molecule has 0 aliphatic heterocycles. The number of oxime groups is 1. The van der Waals surface area contributed by atoms with E-state index in [1.807, 2.05) is 24.1 Å². The van der Waals surface area contributed by atoms with Gasteiger partial charge in [-0.1, -0.05) is 22.8 Å². The van der Waals surface area contributed by atoms with Gasteiger partial charge in [-0.25, -0.2) is 4.39 Å². The van der Waals surface area contributed by atoms with Crippen LogP contribution in [0.25, 0.3) is 0 Å². The predicted molar refractivity (Wildman–Crippen MR) is 82.5 cm³/mol. The summed E-state index contributed by atoms with van der Waals surface area (Å²) in [6, 6.07) is 11.7. The molecule has 0 bridgehead atoms. The molecule has 0 unspecified atom stereocenters. The fourth-order valence-corrected chi connectivity index (χ4v) is 2.10. The van der Waals surface area contributed by atoms with Crippen molar-refractivity contribution in [2.45, 2.75) is 6.54 Å². The first-order chi connectivity index (χ1) is 10.0. The van der Waals surface area contributed by atoms with Gasteiger partial charge < -0.3 is 15.8 Å². The zero-order chi connectivity index (χ0) is 15.4. The standard InChI is InChI=1S/C15H15ClFN3O/c1-20(9-11-2-5-12(16)8-14(11)17)13-6-3-10(4-7-13)15(18)19-21/h2-8,21H,9H2,1H3,(H2,18,19). The average Bonchev–Trinajstić information content (AvgIpc) is 2.49. The van der Waals surface area contributed by atoms with Gasteiger partial charge in [0.25, 0.3) is 0 Å². The molecule has 0 saturated carbocycles. The first-order valence-corrected chi connectivity index (χ1v) is 6.62. The van der Waals surface area contributed by atoms with E-state index < -0.39 is 0 Å². The van der Waals surface area contributed by atoms with Gasteiger partial charge in [0.05, 0.1) is 0 Å². The molecular formula is C15H15ClFN3O.